The maximum absolute atomic E-state index is 9.14. The molecule has 0 saturated carbocycles. The first kappa shape index (κ1) is 8.89. The molecule has 0 bridgehead atoms. The minimum Gasteiger partial charge on any atom is -0.388 e. The molecule has 66 valence electrons. The molecule has 0 amide bonds. The van der Waals surface area contributed by atoms with Crippen molar-refractivity contribution < 1.29 is 20.1 Å². The Hall–Kier alpha value is -0.200. The van der Waals surface area contributed by atoms with E-state index >= 15 is 0 Å². The standard InChI is InChI=1S/C6H13NO4/c1-2-3(8)4(9)5(10)6(7)11-2/h2-6,8-10H,7H2,1H3/t2-,3+,4+,5-,6+/m1/s1. The van der Waals surface area contributed by atoms with Crippen molar-refractivity contribution in [3.05, 3.63) is 0 Å². The lowest BCUT2D eigenvalue weighted by Crippen LogP contribution is -2.59. The van der Waals surface area contributed by atoms with Gasteiger partial charge < -0.3 is 25.8 Å². The van der Waals surface area contributed by atoms with Crippen LogP contribution < -0.4 is 5.73 Å². The van der Waals surface area contributed by atoms with E-state index in [1.54, 1.807) is 6.92 Å². The Morgan fingerprint density at radius 2 is 1.64 bits per heavy atom. The molecule has 1 rings (SSSR count). The van der Waals surface area contributed by atoms with Gasteiger partial charge in [-0.2, -0.15) is 0 Å². The minimum absolute atomic E-state index is 0.539. The Morgan fingerprint density at radius 3 is 2.18 bits per heavy atom. The van der Waals surface area contributed by atoms with E-state index in [4.69, 9.17) is 25.8 Å². The highest BCUT2D eigenvalue weighted by Gasteiger charge is 2.39. The lowest BCUT2D eigenvalue weighted by atomic mass is 9.99. The molecule has 0 spiro atoms. The van der Waals surface area contributed by atoms with Gasteiger partial charge >= 0.3 is 0 Å². The van der Waals surface area contributed by atoms with Crippen molar-refractivity contribution in [2.24, 2.45) is 5.73 Å². The molecule has 1 aliphatic rings. The molecular formula is C6H13NO4. The predicted molar refractivity (Wildman–Crippen MR) is 36.5 cm³/mol. The van der Waals surface area contributed by atoms with Crippen LogP contribution >= 0.6 is 0 Å². The fourth-order valence-electron chi connectivity index (χ4n) is 1.08. The van der Waals surface area contributed by atoms with Crippen molar-refractivity contribution >= 4 is 0 Å². The summed E-state index contributed by atoms with van der Waals surface area (Å²) in [5.74, 6) is 0. The molecule has 1 aliphatic heterocycles. The number of aliphatic hydroxyl groups excluding tert-OH is 3. The van der Waals surface area contributed by atoms with Gasteiger partial charge in [0.2, 0.25) is 0 Å². The van der Waals surface area contributed by atoms with Crippen LogP contribution in [-0.4, -0.2) is 46.0 Å². The Balaban J connectivity index is 2.63. The average molecular weight is 163 g/mol. The average Bonchev–Trinajstić information content (AvgIpc) is 1.97. The fraction of sp³-hybridized carbons (Fsp3) is 1.00. The zero-order valence-corrected chi connectivity index (χ0v) is 6.21. The fourth-order valence-corrected chi connectivity index (χ4v) is 1.08. The molecule has 5 N–H and O–H groups in total. The number of hydrogen-bond acceptors (Lipinski definition) is 5. The van der Waals surface area contributed by atoms with Crippen LogP contribution in [-0.2, 0) is 4.74 Å². The first-order chi connectivity index (χ1) is 5.04. The van der Waals surface area contributed by atoms with Crippen molar-refractivity contribution in [2.75, 3.05) is 0 Å². The lowest BCUT2D eigenvalue weighted by molar-refractivity contribution is -0.215. The van der Waals surface area contributed by atoms with E-state index in [1.807, 2.05) is 0 Å². The van der Waals surface area contributed by atoms with Crippen LogP contribution in [0.2, 0.25) is 0 Å². The van der Waals surface area contributed by atoms with Crippen LogP contribution in [0.15, 0.2) is 0 Å². The third-order valence-electron chi connectivity index (χ3n) is 1.89. The number of rotatable bonds is 0. The molecule has 0 aromatic rings. The summed E-state index contributed by atoms with van der Waals surface area (Å²) in [6.45, 7) is 1.58. The van der Waals surface area contributed by atoms with E-state index in [2.05, 4.69) is 0 Å². The number of ether oxygens (including phenoxy) is 1. The van der Waals surface area contributed by atoms with Gasteiger partial charge in [-0.3, -0.25) is 0 Å². The third kappa shape index (κ3) is 1.52. The largest absolute Gasteiger partial charge is 0.388 e. The summed E-state index contributed by atoms with van der Waals surface area (Å²) < 4.78 is 4.90. The summed E-state index contributed by atoms with van der Waals surface area (Å²) >= 11 is 0. The molecule has 1 saturated heterocycles. The van der Waals surface area contributed by atoms with Crippen LogP contribution in [0.3, 0.4) is 0 Å². The molecule has 5 atom stereocenters. The van der Waals surface area contributed by atoms with E-state index in [1.165, 1.54) is 0 Å². The Morgan fingerprint density at radius 1 is 1.09 bits per heavy atom. The molecule has 0 radical (unpaired) electrons. The lowest BCUT2D eigenvalue weighted by Gasteiger charge is -2.37. The van der Waals surface area contributed by atoms with Crippen LogP contribution in [0, 0.1) is 0 Å². The SMILES string of the molecule is C[C@H]1O[C@H](N)[C@H](O)[C@@H](O)[C@H]1O. The molecule has 5 heteroatoms. The second-order valence-corrected chi connectivity index (χ2v) is 2.78. The van der Waals surface area contributed by atoms with Crippen molar-refractivity contribution in [3.63, 3.8) is 0 Å². The number of hydrogen-bond donors (Lipinski definition) is 4. The Labute approximate surface area is 64.4 Å². The van der Waals surface area contributed by atoms with Gasteiger partial charge in [-0.1, -0.05) is 0 Å². The van der Waals surface area contributed by atoms with Crippen molar-refractivity contribution in [3.8, 4) is 0 Å². The molecule has 0 aromatic heterocycles. The molecule has 5 nitrogen and oxygen atoms in total. The van der Waals surface area contributed by atoms with Gasteiger partial charge in [0, 0.05) is 0 Å². The first-order valence-corrected chi connectivity index (χ1v) is 3.49. The summed E-state index contributed by atoms with van der Waals surface area (Å²) in [7, 11) is 0. The zero-order chi connectivity index (χ0) is 8.59. The van der Waals surface area contributed by atoms with Gasteiger partial charge in [0.25, 0.3) is 0 Å². The van der Waals surface area contributed by atoms with Gasteiger partial charge in [0.15, 0.2) is 0 Å². The Kier molecular flexibility index (Phi) is 2.46. The summed E-state index contributed by atoms with van der Waals surface area (Å²) in [4.78, 5) is 0. The van der Waals surface area contributed by atoms with Crippen LogP contribution in [0.5, 0.6) is 0 Å². The predicted octanol–water partition coefficient (Wildman–Crippen LogP) is -2.23. The van der Waals surface area contributed by atoms with Crippen LogP contribution in [0.4, 0.5) is 0 Å². The molecule has 0 aromatic carbocycles. The highest BCUT2D eigenvalue weighted by atomic mass is 16.5. The molecule has 0 unspecified atom stereocenters. The van der Waals surface area contributed by atoms with Crippen LogP contribution in [0.25, 0.3) is 0 Å². The van der Waals surface area contributed by atoms with Gasteiger partial charge in [-0.05, 0) is 6.92 Å². The monoisotopic (exact) mass is 163 g/mol. The van der Waals surface area contributed by atoms with E-state index in [-0.39, 0.29) is 0 Å². The molecule has 11 heavy (non-hydrogen) atoms. The summed E-state index contributed by atoms with van der Waals surface area (Å²) in [6, 6.07) is 0. The minimum atomic E-state index is -1.21. The molecule has 0 aliphatic carbocycles. The number of aliphatic hydroxyl groups is 3. The van der Waals surface area contributed by atoms with Gasteiger partial charge in [-0.25, -0.2) is 0 Å². The van der Waals surface area contributed by atoms with Crippen molar-refractivity contribution in [1.29, 1.82) is 0 Å². The van der Waals surface area contributed by atoms with E-state index < -0.39 is 30.6 Å². The molecule has 1 heterocycles. The highest BCUT2D eigenvalue weighted by Crippen LogP contribution is 2.17. The van der Waals surface area contributed by atoms with Crippen molar-refractivity contribution in [1.82, 2.24) is 0 Å². The third-order valence-corrected chi connectivity index (χ3v) is 1.89. The first-order valence-electron chi connectivity index (χ1n) is 3.49. The normalized spacial score (nSPS) is 52.6. The van der Waals surface area contributed by atoms with E-state index in [0.717, 1.165) is 0 Å². The second kappa shape index (κ2) is 3.04. The van der Waals surface area contributed by atoms with Crippen molar-refractivity contribution in [2.45, 2.75) is 37.6 Å². The summed E-state index contributed by atoms with van der Waals surface area (Å²) in [5.41, 5.74) is 5.28. The van der Waals surface area contributed by atoms with E-state index in [9.17, 15) is 0 Å². The smallest absolute Gasteiger partial charge is 0.135 e. The van der Waals surface area contributed by atoms with Gasteiger partial charge in [0.05, 0.1) is 6.10 Å². The highest BCUT2D eigenvalue weighted by molar-refractivity contribution is 4.87. The number of nitrogens with two attached hydrogens (primary N) is 1. The van der Waals surface area contributed by atoms with Crippen LogP contribution in [0.1, 0.15) is 6.92 Å². The summed E-state index contributed by atoms with van der Waals surface area (Å²) in [6.07, 6.45) is -4.94. The molecular weight excluding hydrogens is 150 g/mol. The maximum atomic E-state index is 9.14. The second-order valence-electron chi connectivity index (χ2n) is 2.78. The topological polar surface area (TPSA) is 95.9 Å². The quantitative estimate of drug-likeness (QED) is 0.324. The van der Waals surface area contributed by atoms with Gasteiger partial charge in [0.1, 0.15) is 24.5 Å². The summed E-state index contributed by atoms with van der Waals surface area (Å²) in [5, 5.41) is 27.3. The maximum Gasteiger partial charge on any atom is 0.135 e. The zero-order valence-electron chi connectivity index (χ0n) is 6.21. The van der Waals surface area contributed by atoms with E-state index in [0.29, 0.717) is 0 Å². The molecule has 1 fully saturated rings. The van der Waals surface area contributed by atoms with Gasteiger partial charge in [-0.15, -0.1) is 0 Å². The Bertz CT molecular complexity index is 129.